The van der Waals surface area contributed by atoms with Crippen molar-refractivity contribution in [1.29, 1.82) is 0 Å². The van der Waals surface area contributed by atoms with Crippen molar-refractivity contribution < 1.29 is 9.53 Å². The van der Waals surface area contributed by atoms with Crippen LogP contribution in [0.1, 0.15) is 12.0 Å². The van der Waals surface area contributed by atoms with E-state index >= 15 is 0 Å². The van der Waals surface area contributed by atoms with Gasteiger partial charge in [-0.3, -0.25) is 4.79 Å². The average molecular weight is 353 g/mol. The Kier molecular flexibility index (Phi) is 6.00. The fourth-order valence-corrected chi connectivity index (χ4v) is 3.31. The first-order valence-corrected chi connectivity index (χ1v) is 9.13. The summed E-state index contributed by atoms with van der Waals surface area (Å²) in [6.45, 7) is 5.89. The summed E-state index contributed by atoms with van der Waals surface area (Å²) >= 11 is 0. The van der Waals surface area contributed by atoms with Gasteiger partial charge < -0.3 is 19.9 Å². The molecule has 0 radical (unpaired) electrons. The second kappa shape index (κ2) is 8.61. The lowest BCUT2D eigenvalue weighted by Crippen LogP contribution is -2.49. The van der Waals surface area contributed by atoms with E-state index in [9.17, 15) is 4.79 Å². The van der Waals surface area contributed by atoms with Crippen LogP contribution >= 0.6 is 0 Å². The van der Waals surface area contributed by atoms with Crippen molar-refractivity contribution >= 4 is 17.3 Å². The normalized spacial score (nSPS) is 14.2. The molecule has 0 unspecified atom stereocenters. The van der Waals surface area contributed by atoms with Gasteiger partial charge in [0.05, 0.1) is 12.8 Å². The van der Waals surface area contributed by atoms with E-state index in [0.717, 1.165) is 43.3 Å². The number of carbonyl (C=O) groups is 1. The standard InChI is InChI=1S/C21H27N3O2/c1-17-6-5-7-18(16-17)22-11-10-21(25)24-14-12-23(13-15-24)19-8-3-4-9-20(19)26-2/h3-9,16,22H,10-15H2,1-2H3. The zero-order chi connectivity index (χ0) is 18.4. The smallest absolute Gasteiger partial charge is 0.224 e. The molecule has 2 aromatic carbocycles. The van der Waals surface area contributed by atoms with Crippen LogP contribution in [0.2, 0.25) is 0 Å². The van der Waals surface area contributed by atoms with Crippen LogP contribution in [0.15, 0.2) is 48.5 Å². The molecule has 0 bridgehead atoms. The molecule has 0 aromatic heterocycles. The second-order valence-electron chi connectivity index (χ2n) is 6.59. The predicted molar refractivity (Wildman–Crippen MR) is 106 cm³/mol. The summed E-state index contributed by atoms with van der Waals surface area (Å²) in [7, 11) is 1.69. The van der Waals surface area contributed by atoms with Gasteiger partial charge in [0.15, 0.2) is 0 Å². The number of anilines is 2. The third-order valence-corrected chi connectivity index (χ3v) is 4.74. The number of aryl methyl sites for hydroxylation is 1. The van der Waals surface area contributed by atoms with Crippen LogP contribution in [-0.4, -0.2) is 50.6 Å². The summed E-state index contributed by atoms with van der Waals surface area (Å²) in [6, 6.07) is 16.3. The lowest BCUT2D eigenvalue weighted by molar-refractivity contribution is -0.131. The van der Waals surface area contributed by atoms with Gasteiger partial charge >= 0.3 is 0 Å². The van der Waals surface area contributed by atoms with Crippen LogP contribution in [-0.2, 0) is 4.79 Å². The van der Waals surface area contributed by atoms with Gasteiger partial charge in [-0.2, -0.15) is 0 Å². The van der Waals surface area contributed by atoms with Gasteiger partial charge in [-0.1, -0.05) is 24.3 Å². The highest BCUT2D eigenvalue weighted by molar-refractivity contribution is 5.77. The zero-order valence-electron chi connectivity index (χ0n) is 15.6. The summed E-state index contributed by atoms with van der Waals surface area (Å²) in [4.78, 5) is 16.7. The Morgan fingerprint density at radius 1 is 1.08 bits per heavy atom. The SMILES string of the molecule is COc1ccccc1N1CCN(C(=O)CCNc2cccc(C)c2)CC1. The number of methoxy groups -OCH3 is 1. The highest BCUT2D eigenvalue weighted by Gasteiger charge is 2.22. The molecule has 1 fully saturated rings. The molecule has 1 aliphatic heterocycles. The van der Waals surface area contributed by atoms with E-state index in [0.29, 0.717) is 13.0 Å². The second-order valence-corrected chi connectivity index (χ2v) is 6.59. The van der Waals surface area contributed by atoms with E-state index in [1.807, 2.05) is 35.2 Å². The molecule has 0 aliphatic carbocycles. The van der Waals surface area contributed by atoms with Crippen molar-refractivity contribution in [3.05, 3.63) is 54.1 Å². The summed E-state index contributed by atoms with van der Waals surface area (Å²) in [6.07, 6.45) is 0.516. The summed E-state index contributed by atoms with van der Waals surface area (Å²) in [5.74, 6) is 1.10. The molecule has 5 nitrogen and oxygen atoms in total. The molecule has 5 heteroatoms. The maximum Gasteiger partial charge on any atom is 0.224 e. The molecule has 2 aromatic rings. The molecule has 138 valence electrons. The first-order valence-electron chi connectivity index (χ1n) is 9.13. The molecule has 0 atom stereocenters. The van der Waals surface area contributed by atoms with E-state index in [2.05, 4.69) is 35.3 Å². The van der Waals surface area contributed by atoms with Crippen LogP contribution in [0.4, 0.5) is 11.4 Å². The van der Waals surface area contributed by atoms with Crippen molar-refractivity contribution in [3.63, 3.8) is 0 Å². The lowest BCUT2D eigenvalue weighted by Gasteiger charge is -2.36. The minimum absolute atomic E-state index is 0.213. The number of carbonyl (C=O) groups excluding carboxylic acids is 1. The number of piperazine rings is 1. The molecule has 0 saturated carbocycles. The molecular weight excluding hydrogens is 326 g/mol. The van der Waals surface area contributed by atoms with Crippen LogP contribution in [0.3, 0.4) is 0 Å². The Morgan fingerprint density at radius 3 is 2.58 bits per heavy atom. The van der Waals surface area contributed by atoms with Crippen LogP contribution in [0.5, 0.6) is 5.75 Å². The van der Waals surface area contributed by atoms with Crippen molar-refractivity contribution in [2.75, 3.05) is 50.1 Å². The van der Waals surface area contributed by atoms with E-state index in [4.69, 9.17) is 4.74 Å². The van der Waals surface area contributed by atoms with Gasteiger partial charge in [0.25, 0.3) is 0 Å². The molecule has 1 aliphatic rings. The molecule has 1 saturated heterocycles. The molecule has 0 spiro atoms. The van der Waals surface area contributed by atoms with Crippen LogP contribution in [0.25, 0.3) is 0 Å². The molecule has 1 heterocycles. The maximum atomic E-state index is 12.5. The number of nitrogens with zero attached hydrogens (tertiary/aromatic N) is 2. The Balaban J connectivity index is 1.46. The molecule has 1 amide bonds. The number of rotatable bonds is 6. The molecule has 1 N–H and O–H groups in total. The number of amides is 1. The monoisotopic (exact) mass is 353 g/mol. The fraction of sp³-hybridized carbons (Fsp3) is 0.381. The van der Waals surface area contributed by atoms with Crippen molar-refractivity contribution in [1.82, 2.24) is 4.90 Å². The van der Waals surface area contributed by atoms with Gasteiger partial charge in [0.1, 0.15) is 5.75 Å². The highest BCUT2D eigenvalue weighted by atomic mass is 16.5. The third-order valence-electron chi connectivity index (χ3n) is 4.74. The van der Waals surface area contributed by atoms with E-state index < -0.39 is 0 Å². The number of hydrogen-bond donors (Lipinski definition) is 1. The fourth-order valence-electron chi connectivity index (χ4n) is 3.31. The van der Waals surface area contributed by atoms with Crippen LogP contribution in [0, 0.1) is 6.92 Å². The predicted octanol–water partition coefficient (Wildman–Crippen LogP) is 3.15. The molecule has 3 rings (SSSR count). The van der Waals surface area contributed by atoms with Crippen molar-refractivity contribution in [2.45, 2.75) is 13.3 Å². The topological polar surface area (TPSA) is 44.8 Å². The first-order chi connectivity index (χ1) is 12.7. The first kappa shape index (κ1) is 18.1. The summed E-state index contributed by atoms with van der Waals surface area (Å²) in [5, 5.41) is 3.33. The van der Waals surface area contributed by atoms with E-state index in [1.54, 1.807) is 7.11 Å². The maximum absolute atomic E-state index is 12.5. The average Bonchev–Trinajstić information content (AvgIpc) is 2.68. The Bertz CT molecular complexity index is 740. The van der Waals surface area contributed by atoms with Gasteiger partial charge in [-0.15, -0.1) is 0 Å². The van der Waals surface area contributed by atoms with Gasteiger partial charge in [-0.05, 0) is 36.8 Å². The number of benzene rings is 2. The molecular formula is C21H27N3O2. The number of nitrogens with one attached hydrogen (secondary N) is 1. The number of hydrogen-bond acceptors (Lipinski definition) is 4. The number of ether oxygens (including phenoxy) is 1. The summed E-state index contributed by atoms with van der Waals surface area (Å²) in [5.41, 5.74) is 3.38. The quantitative estimate of drug-likeness (QED) is 0.866. The largest absolute Gasteiger partial charge is 0.495 e. The van der Waals surface area contributed by atoms with Crippen LogP contribution < -0.4 is 15.0 Å². The van der Waals surface area contributed by atoms with E-state index in [-0.39, 0.29) is 5.91 Å². The molecule has 26 heavy (non-hydrogen) atoms. The van der Waals surface area contributed by atoms with Crippen molar-refractivity contribution in [2.24, 2.45) is 0 Å². The van der Waals surface area contributed by atoms with Gasteiger partial charge in [0.2, 0.25) is 5.91 Å². The van der Waals surface area contributed by atoms with E-state index in [1.165, 1.54) is 5.56 Å². The van der Waals surface area contributed by atoms with Crippen molar-refractivity contribution in [3.8, 4) is 5.75 Å². The third kappa shape index (κ3) is 4.48. The van der Waals surface area contributed by atoms with Gasteiger partial charge in [0, 0.05) is 44.8 Å². The minimum Gasteiger partial charge on any atom is -0.495 e. The minimum atomic E-state index is 0.213. The summed E-state index contributed by atoms with van der Waals surface area (Å²) < 4.78 is 5.45. The lowest BCUT2D eigenvalue weighted by atomic mass is 10.2. The highest BCUT2D eigenvalue weighted by Crippen LogP contribution is 2.28. The Labute approximate surface area is 155 Å². The Morgan fingerprint density at radius 2 is 1.85 bits per heavy atom. The number of para-hydroxylation sites is 2. The Hall–Kier alpha value is -2.69. The zero-order valence-corrected chi connectivity index (χ0v) is 15.6. The van der Waals surface area contributed by atoms with Gasteiger partial charge in [-0.25, -0.2) is 0 Å².